The number of piperidine rings is 1. The van der Waals surface area contributed by atoms with Crippen molar-refractivity contribution in [3.8, 4) is 17.0 Å². The number of rotatable bonds is 2. The number of nitrogens with zero attached hydrogens (tertiary/aromatic N) is 5. The molecule has 2 fully saturated rings. The molecule has 0 saturated carbocycles. The molecule has 0 radical (unpaired) electrons. The van der Waals surface area contributed by atoms with Crippen LogP contribution >= 0.6 is 0 Å². The van der Waals surface area contributed by atoms with Crippen molar-refractivity contribution < 1.29 is 14.6 Å². The summed E-state index contributed by atoms with van der Waals surface area (Å²) in [7, 11) is 0. The number of aromatic nitrogens is 2. The molecule has 1 atom stereocenters. The minimum atomic E-state index is -0.460. The lowest BCUT2D eigenvalue weighted by Crippen LogP contribution is -2.61. The van der Waals surface area contributed by atoms with Gasteiger partial charge < -0.3 is 25.0 Å². The summed E-state index contributed by atoms with van der Waals surface area (Å²) in [5.41, 5.74) is 1.95. The lowest BCUT2D eigenvalue weighted by Gasteiger charge is -2.49. The summed E-state index contributed by atoms with van der Waals surface area (Å²) >= 11 is 0. The number of hydrogen-bond donors (Lipinski definition) is 2. The second kappa shape index (κ2) is 8.94. The Labute approximate surface area is 200 Å². The van der Waals surface area contributed by atoms with Crippen LogP contribution in [0.2, 0.25) is 0 Å². The summed E-state index contributed by atoms with van der Waals surface area (Å²) in [6, 6.07) is 10.1. The number of hydrogen-bond acceptors (Lipinski definition) is 8. The number of nitrogens with one attached hydrogen (secondary N) is 1. The van der Waals surface area contributed by atoms with Crippen LogP contribution in [0.15, 0.2) is 30.3 Å². The van der Waals surface area contributed by atoms with E-state index < -0.39 is 5.60 Å². The van der Waals surface area contributed by atoms with Crippen molar-refractivity contribution >= 4 is 17.6 Å². The highest BCUT2D eigenvalue weighted by atomic mass is 16.6. The number of anilines is 2. The molecule has 1 aromatic heterocycles. The van der Waals surface area contributed by atoms with E-state index in [4.69, 9.17) is 4.74 Å². The monoisotopic (exact) mass is 466 g/mol. The fourth-order valence-corrected chi connectivity index (χ4v) is 5.21. The molecule has 0 bridgehead atoms. The second-order valence-electron chi connectivity index (χ2n) is 10.4. The number of para-hydroxylation sites is 1. The minimum Gasteiger partial charge on any atom is -0.507 e. The van der Waals surface area contributed by atoms with Crippen LogP contribution < -0.4 is 10.2 Å². The lowest BCUT2D eigenvalue weighted by atomic mass is 9.99. The third kappa shape index (κ3) is 4.61. The minimum absolute atomic E-state index is 0.203. The highest BCUT2D eigenvalue weighted by Crippen LogP contribution is 2.36. The molecule has 3 aliphatic rings. The van der Waals surface area contributed by atoms with Gasteiger partial charge >= 0.3 is 6.09 Å². The van der Waals surface area contributed by atoms with Gasteiger partial charge in [-0.05, 0) is 51.8 Å². The van der Waals surface area contributed by atoms with Gasteiger partial charge in [0, 0.05) is 50.9 Å². The van der Waals surface area contributed by atoms with Crippen LogP contribution in [0.3, 0.4) is 0 Å². The van der Waals surface area contributed by atoms with Crippen LogP contribution in [0, 0.1) is 0 Å². The second-order valence-corrected chi connectivity index (χ2v) is 10.4. The largest absolute Gasteiger partial charge is 0.507 e. The lowest BCUT2D eigenvalue weighted by molar-refractivity contribution is 0.0131. The molecular weight excluding hydrogens is 432 g/mol. The Balaban J connectivity index is 1.23. The summed E-state index contributed by atoms with van der Waals surface area (Å²) in [5, 5.41) is 22.5. The van der Waals surface area contributed by atoms with E-state index in [2.05, 4.69) is 25.3 Å². The van der Waals surface area contributed by atoms with Gasteiger partial charge in [0.15, 0.2) is 5.82 Å². The molecule has 1 aromatic carbocycles. The van der Waals surface area contributed by atoms with E-state index in [0.29, 0.717) is 23.3 Å². The Morgan fingerprint density at radius 2 is 1.85 bits per heavy atom. The topological polar surface area (TPSA) is 94.1 Å². The number of carbonyl (C=O) groups excluding carboxylic acids is 1. The summed E-state index contributed by atoms with van der Waals surface area (Å²) in [6.07, 6.45) is 1.74. The molecule has 2 N–H and O–H groups in total. The average Bonchev–Trinajstić information content (AvgIpc) is 2.82. The predicted octanol–water partition coefficient (Wildman–Crippen LogP) is 3.16. The molecule has 2 aromatic rings. The predicted molar refractivity (Wildman–Crippen MR) is 131 cm³/mol. The van der Waals surface area contributed by atoms with Crippen molar-refractivity contribution in [2.24, 2.45) is 0 Å². The number of likely N-dealkylation sites (tertiary alicyclic amines) is 1. The van der Waals surface area contributed by atoms with E-state index in [1.54, 1.807) is 12.1 Å². The highest BCUT2D eigenvalue weighted by Gasteiger charge is 2.37. The molecule has 1 amide bonds. The average molecular weight is 467 g/mol. The van der Waals surface area contributed by atoms with Crippen molar-refractivity contribution in [3.63, 3.8) is 0 Å². The van der Waals surface area contributed by atoms with Gasteiger partial charge in [-0.15, -0.1) is 10.2 Å². The number of phenolic OH excluding ortho intramolecular Hbond substituents is 1. The van der Waals surface area contributed by atoms with Crippen LogP contribution in [0.25, 0.3) is 11.3 Å². The Kier molecular flexibility index (Phi) is 5.97. The molecule has 5 rings (SSSR count). The Bertz CT molecular complexity index is 1050. The fourth-order valence-electron chi connectivity index (χ4n) is 5.21. The fraction of sp³-hybridized carbons (Fsp3) is 0.560. The first-order valence-corrected chi connectivity index (χ1v) is 12.2. The molecule has 0 spiro atoms. The van der Waals surface area contributed by atoms with Crippen molar-refractivity contribution in [2.45, 2.75) is 51.3 Å². The maximum Gasteiger partial charge on any atom is 0.410 e. The maximum atomic E-state index is 12.4. The molecule has 0 aliphatic carbocycles. The van der Waals surface area contributed by atoms with Crippen molar-refractivity contribution in [1.82, 2.24) is 20.0 Å². The van der Waals surface area contributed by atoms with Crippen LogP contribution in [0.5, 0.6) is 5.75 Å². The Morgan fingerprint density at radius 1 is 1.09 bits per heavy atom. The maximum absolute atomic E-state index is 12.4. The first-order valence-electron chi connectivity index (χ1n) is 12.2. The quantitative estimate of drug-likeness (QED) is 0.697. The van der Waals surface area contributed by atoms with Gasteiger partial charge in [-0.2, -0.15) is 0 Å². The van der Waals surface area contributed by atoms with Gasteiger partial charge in [0.05, 0.1) is 17.4 Å². The van der Waals surface area contributed by atoms with E-state index >= 15 is 0 Å². The summed E-state index contributed by atoms with van der Waals surface area (Å²) in [5.74, 6) is 1.01. The normalized spacial score (nSPS) is 21.4. The smallest absolute Gasteiger partial charge is 0.410 e. The molecule has 3 aliphatic heterocycles. The van der Waals surface area contributed by atoms with Crippen molar-refractivity contribution in [2.75, 3.05) is 49.5 Å². The van der Waals surface area contributed by atoms with Gasteiger partial charge in [0.2, 0.25) is 0 Å². The van der Waals surface area contributed by atoms with Gasteiger partial charge in [-0.3, -0.25) is 4.90 Å². The Morgan fingerprint density at radius 3 is 2.59 bits per heavy atom. The SMILES string of the molecule is CC(C)(C)OC(=O)N1CCC(N2CCN3c4cc(-c5ccccc5O)nnc4NCC3C2)CC1. The third-order valence-electron chi connectivity index (χ3n) is 6.92. The summed E-state index contributed by atoms with van der Waals surface area (Å²) in [6.45, 7) is 10.9. The molecule has 9 nitrogen and oxygen atoms in total. The van der Waals surface area contributed by atoms with Gasteiger partial charge in [0.25, 0.3) is 0 Å². The van der Waals surface area contributed by atoms with Crippen LogP contribution in [0.1, 0.15) is 33.6 Å². The number of aromatic hydroxyl groups is 1. The zero-order valence-corrected chi connectivity index (χ0v) is 20.2. The molecule has 182 valence electrons. The summed E-state index contributed by atoms with van der Waals surface area (Å²) < 4.78 is 5.54. The van der Waals surface area contributed by atoms with Gasteiger partial charge in [0.1, 0.15) is 11.4 Å². The highest BCUT2D eigenvalue weighted by molar-refractivity contribution is 5.76. The standard InChI is InChI=1S/C25H34N6O3/c1-25(2,3)34-24(33)29-10-8-17(9-11-29)30-12-13-31-18(16-30)15-26-23-21(31)14-20(27-28-23)19-6-4-5-7-22(19)32/h4-7,14,17-18,32H,8-13,15-16H2,1-3H3,(H,26,28). The van der Waals surface area contributed by atoms with E-state index in [9.17, 15) is 9.90 Å². The number of amides is 1. The van der Waals surface area contributed by atoms with Crippen LogP contribution in [-0.4, -0.2) is 88.2 Å². The van der Waals surface area contributed by atoms with Gasteiger partial charge in [-0.1, -0.05) is 12.1 Å². The van der Waals surface area contributed by atoms with Crippen molar-refractivity contribution in [3.05, 3.63) is 30.3 Å². The zero-order chi connectivity index (χ0) is 23.9. The van der Waals surface area contributed by atoms with E-state index in [1.165, 1.54) is 0 Å². The molecule has 1 unspecified atom stereocenters. The number of carbonyl (C=O) groups is 1. The van der Waals surface area contributed by atoms with Crippen molar-refractivity contribution in [1.29, 1.82) is 0 Å². The van der Waals surface area contributed by atoms with Crippen LogP contribution in [-0.2, 0) is 4.74 Å². The first-order chi connectivity index (χ1) is 16.3. The summed E-state index contributed by atoms with van der Waals surface area (Å²) in [4.78, 5) is 19.3. The zero-order valence-electron chi connectivity index (χ0n) is 20.2. The van der Waals surface area contributed by atoms with Gasteiger partial charge in [-0.25, -0.2) is 4.79 Å². The number of piperazine rings is 1. The molecule has 4 heterocycles. The number of ether oxygens (including phenoxy) is 1. The Hall–Kier alpha value is -3.07. The molecule has 9 heteroatoms. The third-order valence-corrected chi connectivity index (χ3v) is 6.92. The number of fused-ring (bicyclic) bond motifs is 3. The van der Waals surface area contributed by atoms with E-state index in [0.717, 1.165) is 63.6 Å². The molecular formula is C25H34N6O3. The number of phenols is 1. The first kappa shape index (κ1) is 22.7. The van der Waals surface area contributed by atoms with E-state index in [1.807, 2.05) is 43.9 Å². The molecule has 34 heavy (non-hydrogen) atoms. The molecule has 2 saturated heterocycles. The number of benzene rings is 1. The van der Waals surface area contributed by atoms with E-state index in [-0.39, 0.29) is 11.8 Å². The van der Waals surface area contributed by atoms with Crippen LogP contribution in [0.4, 0.5) is 16.3 Å².